The highest BCUT2D eigenvalue weighted by Crippen LogP contribution is 2.43. The van der Waals surface area contributed by atoms with Crippen molar-refractivity contribution in [1.29, 1.82) is 0 Å². The number of rotatable bonds is 5. The summed E-state index contributed by atoms with van der Waals surface area (Å²) >= 11 is 3.54. The highest BCUT2D eigenvalue weighted by atomic mass is 79.9. The van der Waals surface area contributed by atoms with Crippen LogP contribution in [0.1, 0.15) is 28.3 Å². The van der Waals surface area contributed by atoms with Crippen LogP contribution in [-0.4, -0.2) is 38.8 Å². The topological polar surface area (TPSA) is 66.5 Å². The van der Waals surface area contributed by atoms with Crippen molar-refractivity contribution >= 4 is 31.9 Å². The molecule has 25 heavy (non-hydrogen) atoms. The molecule has 7 heteroatoms. The number of halogens is 1. The van der Waals surface area contributed by atoms with Gasteiger partial charge in [-0.2, -0.15) is 0 Å². The maximum absolute atomic E-state index is 12.5. The van der Waals surface area contributed by atoms with Crippen LogP contribution in [0.5, 0.6) is 0 Å². The van der Waals surface area contributed by atoms with E-state index in [2.05, 4.69) is 21.2 Å². The molecule has 0 heterocycles. The molecular weight excluding hydrogens is 404 g/mol. The zero-order valence-electron chi connectivity index (χ0n) is 13.9. The number of amides is 1. The Labute approximate surface area is 156 Å². The van der Waals surface area contributed by atoms with E-state index in [1.165, 1.54) is 31.8 Å². The van der Waals surface area contributed by atoms with Crippen LogP contribution in [0.4, 0.5) is 0 Å². The van der Waals surface area contributed by atoms with Crippen molar-refractivity contribution in [3.63, 3.8) is 0 Å². The van der Waals surface area contributed by atoms with Crippen LogP contribution in [0.3, 0.4) is 0 Å². The molecule has 1 saturated carbocycles. The number of benzene rings is 2. The minimum atomic E-state index is -3.56. The lowest BCUT2D eigenvalue weighted by Crippen LogP contribution is -2.27. The number of nitrogens with zero attached hydrogens (tertiary/aromatic N) is 1. The average Bonchev–Trinajstić information content (AvgIpc) is 3.34. The van der Waals surface area contributed by atoms with Gasteiger partial charge >= 0.3 is 0 Å². The van der Waals surface area contributed by atoms with Gasteiger partial charge < -0.3 is 5.32 Å². The number of carbonyl (C=O) groups excluding carboxylic acids is 1. The Bertz CT molecular complexity index is 912. The first-order chi connectivity index (χ1) is 11.8. The highest BCUT2D eigenvalue weighted by Gasteiger charge is 2.40. The van der Waals surface area contributed by atoms with E-state index >= 15 is 0 Å². The van der Waals surface area contributed by atoms with Crippen LogP contribution in [0.15, 0.2) is 57.9 Å². The van der Waals surface area contributed by atoms with Crippen LogP contribution < -0.4 is 5.32 Å². The zero-order chi connectivity index (χ0) is 18.2. The lowest BCUT2D eigenvalue weighted by Gasteiger charge is -2.12. The molecule has 1 aliphatic rings. The van der Waals surface area contributed by atoms with Gasteiger partial charge in [0, 0.05) is 36.1 Å². The summed E-state index contributed by atoms with van der Waals surface area (Å²) in [4.78, 5) is 12.6. The molecule has 0 aromatic heterocycles. The Hall–Kier alpha value is -1.70. The molecule has 0 unspecified atom stereocenters. The Kier molecular flexibility index (Phi) is 4.99. The largest absolute Gasteiger partial charge is 0.349 e. The predicted octanol–water partition coefficient (Wildman–Crippen LogP) is 2.99. The summed E-state index contributed by atoms with van der Waals surface area (Å²) in [5.74, 6) is 0.0311. The van der Waals surface area contributed by atoms with E-state index in [4.69, 9.17) is 0 Å². The molecule has 1 fully saturated rings. The van der Waals surface area contributed by atoms with Crippen LogP contribution in [-0.2, 0) is 10.0 Å². The molecule has 2 aromatic carbocycles. The van der Waals surface area contributed by atoms with E-state index in [1.54, 1.807) is 12.1 Å². The normalized spacial score (nSPS) is 19.7. The summed E-state index contributed by atoms with van der Waals surface area (Å²) in [6.45, 7) is 0. The second kappa shape index (κ2) is 6.90. The maximum Gasteiger partial charge on any atom is 0.251 e. The number of hydrogen-bond acceptors (Lipinski definition) is 3. The Balaban J connectivity index is 1.72. The Morgan fingerprint density at radius 1 is 1.16 bits per heavy atom. The molecule has 2 aromatic rings. The van der Waals surface area contributed by atoms with Gasteiger partial charge in [0.2, 0.25) is 10.0 Å². The number of carbonyl (C=O) groups is 1. The summed E-state index contributed by atoms with van der Waals surface area (Å²) in [6.07, 6.45) is 0.879. The molecule has 2 atom stereocenters. The first kappa shape index (κ1) is 18.1. The van der Waals surface area contributed by atoms with E-state index in [0.29, 0.717) is 5.56 Å². The monoisotopic (exact) mass is 422 g/mol. The van der Waals surface area contributed by atoms with E-state index < -0.39 is 10.0 Å². The van der Waals surface area contributed by atoms with Crippen molar-refractivity contribution in [2.45, 2.75) is 23.3 Å². The van der Waals surface area contributed by atoms with E-state index in [0.717, 1.165) is 15.2 Å². The smallest absolute Gasteiger partial charge is 0.251 e. The van der Waals surface area contributed by atoms with Crippen LogP contribution in [0.2, 0.25) is 0 Å². The van der Waals surface area contributed by atoms with Crippen molar-refractivity contribution in [2.75, 3.05) is 14.1 Å². The van der Waals surface area contributed by atoms with Crippen LogP contribution in [0.25, 0.3) is 0 Å². The fraction of sp³-hybridized carbons (Fsp3) is 0.278. The summed E-state index contributed by atoms with van der Waals surface area (Å²) in [5.41, 5.74) is 1.53. The molecular formula is C18H19BrN2O3S. The summed E-state index contributed by atoms with van der Waals surface area (Å²) in [7, 11) is -0.624. The van der Waals surface area contributed by atoms with Gasteiger partial charge in [-0.05, 0) is 36.2 Å². The molecule has 0 saturated heterocycles. The Morgan fingerprint density at radius 2 is 1.88 bits per heavy atom. The lowest BCUT2D eigenvalue weighted by atomic mass is 10.1. The molecule has 1 aliphatic carbocycles. The van der Waals surface area contributed by atoms with Gasteiger partial charge in [0.15, 0.2) is 0 Å². The Morgan fingerprint density at radius 3 is 2.56 bits per heavy atom. The van der Waals surface area contributed by atoms with Gasteiger partial charge in [0.1, 0.15) is 0 Å². The van der Waals surface area contributed by atoms with Crippen molar-refractivity contribution in [3.05, 3.63) is 64.1 Å². The van der Waals surface area contributed by atoms with E-state index in [-0.39, 0.29) is 22.8 Å². The third kappa shape index (κ3) is 3.78. The quantitative estimate of drug-likeness (QED) is 0.804. The van der Waals surface area contributed by atoms with E-state index in [9.17, 15) is 13.2 Å². The standard InChI is InChI=1S/C18H19BrN2O3S/c1-21(2)25(23,24)13-7-5-6-12(10-13)18(22)20-17-11-15(17)14-8-3-4-9-16(14)19/h3-10,15,17H,11H2,1-2H3,(H,20,22)/t15-,17+/m0/s1. The minimum absolute atomic E-state index is 0.0697. The summed E-state index contributed by atoms with van der Waals surface area (Å²) in [5, 5.41) is 2.99. The van der Waals surface area contributed by atoms with E-state index in [1.807, 2.05) is 24.3 Å². The van der Waals surface area contributed by atoms with Gasteiger partial charge in [0.05, 0.1) is 4.90 Å². The number of sulfonamides is 1. The molecule has 0 bridgehead atoms. The number of hydrogen-bond donors (Lipinski definition) is 1. The molecule has 0 aliphatic heterocycles. The van der Waals surface area contributed by atoms with Crippen molar-refractivity contribution in [1.82, 2.24) is 9.62 Å². The SMILES string of the molecule is CN(C)S(=O)(=O)c1cccc(C(=O)N[C@@H]2C[C@H]2c2ccccc2Br)c1. The van der Waals surface area contributed by atoms with Gasteiger partial charge in [-0.1, -0.05) is 40.2 Å². The fourth-order valence-corrected chi connectivity index (χ4v) is 4.26. The maximum atomic E-state index is 12.5. The number of nitrogens with one attached hydrogen (secondary N) is 1. The second-order valence-electron chi connectivity index (χ2n) is 6.26. The summed E-state index contributed by atoms with van der Waals surface area (Å²) in [6, 6.07) is 14.2. The molecule has 0 spiro atoms. The van der Waals surface area contributed by atoms with Crippen molar-refractivity contribution in [3.8, 4) is 0 Å². The first-order valence-corrected chi connectivity index (χ1v) is 10.1. The molecule has 1 amide bonds. The van der Waals surface area contributed by atoms with Gasteiger partial charge in [-0.15, -0.1) is 0 Å². The van der Waals surface area contributed by atoms with Crippen molar-refractivity contribution in [2.24, 2.45) is 0 Å². The first-order valence-electron chi connectivity index (χ1n) is 7.88. The fourth-order valence-electron chi connectivity index (χ4n) is 2.73. The highest BCUT2D eigenvalue weighted by molar-refractivity contribution is 9.10. The predicted molar refractivity (Wildman–Crippen MR) is 100 cm³/mol. The second-order valence-corrected chi connectivity index (χ2v) is 9.27. The molecule has 5 nitrogen and oxygen atoms in total. The third-order valence-corrected chi connectivity index (χ3v) is 6.82. The zero-order valence-corrected chi connectivity index (χ0v) is 16.3. The minimum Gasteiger partial charge on any atom is -0.349 e. The lowest BCUT2D eigenvalue weighted by molar-refractivity contribution is 0.0950. The van der Waals surface area contributed by atoms with Crippen LogP contribution in [0, 0.1) is 0 Å². The molecule has 132 valence electrons. The van der Waals surface area contributed by atoms with Gasteiger partial charge in [-0.25, -0.2) is 12.7 Å². The van der Waals surface area contributed by atoms with Gasteiger partial charge in [0.25, 0.3) is 5.91 Å². The third-order valence-electron chi connectivity index (χ3n) is 4.29. The summed E-state index contributed by atoms with van der Waals surface area (Å²) < 4.78 is 26.6. The molecule has 0 radical (unpaired) electrons. The average molecular weight is 423 g/mol. The van der Waals surface area contributed by atoms with Gasteiger partial charge in [-0.3, -0.25) is 4.79 Å². The van der Waals surface area contributed by atoms with Crippen molar-refractivity contribution < 1.29 is 13.2 Å². The molecule has 1 N–H and O–H groups in total. The van der Waals surface area contributed by atoms with Crippen LogP contribution >= 0.6 is 15.9 Å². The molecule has 3 rings (SSSR count).